The molecule has 0 amide bonds. The normalized spacial score (nSPS) is 23.1. The van der Waals surface area contributed by atoms with Crippen molar-refractivity contribution in [1.82, 2.24) is 0 Å². The van der Waals surface area contributed by atoms with Gasteiger partial charge in [-0.05, 0) is 41.9 Å². The van der Waals surface area contributed by atoms with Gasteiger partial charge in [-0.15, -0.1) is 0 Å². The topological polar surface area (TPSA) is 46.5 Å². The van der Waals surface area contributed by atoms with E-state index in [0.29, 0.717) is 6.61 Å². The SMILES string of the molecule is CCCCCCCCCCCCCCCCCCOC(=O)C1CC(C(C)(C)C)C(O)C(C(C)(C)C)C1. The van der Waals surface area contributed by atoms with Crippen molar-refractivity contribution in [2.45, 2.75) is 170 Å². The zero-order valence-corrected chi connectivity index (χ0v) is 25.5. The number of hydrogen-bond acceptors (Lipinski definition) is 3. The first-order valence-electron chi connectivity index (χ1n) is 15.8. The molecule has 0 aromatic heterocycles. The van der Waals surface area contributed by atoms with E-state index in [0.717, 1.165) is 25.7 Å². The highest BCUT2D eigenvalue weighted by Gasteiger charge is 2.48. The molecule has 1 aliphatic rings. The van der Waals surface area contributed by atoms with Crippen LogP contribution in [-0.4, -0.2) is 23.8 Å². The lowest BCUT2D eigenvalue weighted by Gasteiger charge is -2.48. The smallest absolute Gasteiger partial charge is 0.308 e. The molecule has 1 saturated carbocycles. The summed E-state index contributed by atoms with van der Waals surface area (Å²) in [7, 11) is 0. The Balaban J connectivity index is 2.10. The summed E-state index contributed by atoms with van der Waals surface area (Å²) in [5, 5.41) is 11.1. The van der Waals surface area contributed by atoms with Gasteiger partial charge in [-0.25, -0.2) is 0 Å². The second kappa shape index (κ2) is 17.8. The number of esters is 1. The quantitative estimate of drug-likeness (QED) is 0.148. The van der Waals surface area contributed by atoms with Crippen molar-refractivity contribution < 1.29 is 14.6 Å². The maximum Gasteiger partial charge on any atom is 0.308 e. The first kappa shape index (κ1) is 33.5. The highest BCUT2D eigenvalue weighted by molar-refractivity contribution is 5.72. The molecule has 1 rings (SSSR count). The van der Waals surface area contributed by atoms with Gasteiger partial charge in [0.1, 0.15) is 0 Å². The van der Waals surface area contributed by atoms with E-state index in [9.17, 15) is 9.90 Å². The molecule has 2 atom stereocenters. The van der Waals surface area contributed by atoms with Gasteiger partial charge in [0.15, 0.2) is 0 Å². The van der Waals surface area contributed by atoms with E-state index in [1.807, 2.05) is 0 Å². The maximum absolute atomic E-state index is 12.9. The lowest BCUT2D eigenvalue weighted by molar-refractivity contribution is -0.157. The number of ether oxygens (including phenoxy) is 1. The van der Waals surface area contributed by atoms with Crippen molar-refractivity contribution in [2.75, 3.05) is 6.61 Å². The molecular formula is C33H64O3. The van der Waals surface area contributed by atoms with E-state index in [1.165, 1.54) is 89.9 Å². The van der Waals surface area contributed by atoms with Gasteiger partial charge in [-0.3, -0.25) is 4.79 Å². The van der Waals surface area contributed by atoms with E-state index >= 15 is 0 Å². The predicted molar refractivity (Wildman–Crippen MR) is 155 cm³/mol. The fraction of sp³-hybridized carbons (Fsp3) is 0.970. The third-order valence-corrected chi connectivity index (χ3v) is 8.70. The van der Waals surface area contributed by atoms with Crippen LogP contribution in [0.3, 0.4) is 0 Å². The molecule has 3 heteroatoms. The molecule has 1 fully saturated rings. The Hall–Kier alpha value is -0.570. The van der Waals surface area contributed by atoms with Crippen LogP contribution in [0.4, 0.5) is 0 Å². The number of aliphatic hydroxyl groups excluding tert-OH is 1. The van der Waals surface area contributed by atoms with E-state index < -0.39 is 0 Å². The number of carbonyl (C=O) groups is 1. The minimum absolute atomic E-state index is 0.0181. The molecule has 0 spiro atoms. The molecule has 0 aliphatic heterocycles. The van der Waals surface area contributed by atoms with E-state index in [2.05, 4.69) is 48.5 Å². The summed E-state index contributed by atoms with van der Waals surface area (Å²) in [6.07, 6.45) is 22.7. The van der Waals surface area contributed by atoms with Crippen LogP contribution in [0.25, 0.3) is 0 Å². The summed E-state index contributed by atoms with van der Waals surface area (Å²) in [6.45, 7) is 15.9. The molecule has 1 aliphatic carbocycles. The van der Waals surface area contributed by atoms with Crippen LogP contribution in [0.15, 0.2) is 0 Å². The van der Waals surface area contributed by atoms with E-state index in [4.69, 9.17) is 4.74 Å². The van der Waals surface area contributed by atoms with Crippen molar-refractivity contribution in [2.24, 2.45) is 28.6 Å². The lowest BCUT2D eigenvalue weighted by atomic mass is 9.58. The molecule has 0 radical (unpaired) electrons. The van der Waals surface area contributed by atoms with Gasteiger partial charge in [0, 0.05) is 0 Å². The van der Waals surface area contributed by atoms with Crippen LogP contribution < -0.4 is 0 Å². The van der Waals surface area contributed by atoms with Gasteiger partial charge in [-0.2, -0.15) is 0 Å². The van der Waals surface area contributed by atoms with Gasteiger partial charge in [-0.1, -0.05) is 145 Å². The second-order valence-corrected chi connectivity index (χ2v) is 14.1. The third kappa shape index (κ3) is 13.8. The van der Waals surface area contributed by atoms with Gasteiger partial charge in [0.25, 0.3) is 0 Å². The highest BCUT2D eigenvalue weighted by atomic mass is 16.5. The van der Waals surface area contributed by atoms with Gasteiger partial charge >= 0.3 is 5.97 Å². The predicted octanol–water partition coefficient (Wildman–Crippen LogP) is 9.89. The summed E-state index contributed by atoms with van der Waals surface area (Å²) in [4.78, 5) is 12.9. The molecule has 1 N–H and O–H groups in total. The van der Waals surface area contributed by atoms with Gasteiger partial charge in [0.05, 0.1) is 18.6 Å². The van der Waals surface area contributed by atoms with E-state index in [1.54, 1.807) is 0 Å². The molecule has 0 saturated heterocycles. The molecule has 3 nitrogen and oxygen atoms in total. The zero-order chi connectivity index (χ0) is 27.0. The molecule has 0 bridgehead atoms. The fourth-order valence-corrected chi connectivity index (χ4v) is 6.13. The molecule has 2 unspecified atom stereocenters. The average molecular weight is 509 g/mol. The van der Waals surface area contributed by atoms with Crippen molar-refractivity contribution in [3.8, 4) is 0 Å². The standard InChI is InChI=1S/C33H64O3/c1-8-9-10-11-12-13-14-15-16-17-18-19-20-21-22-23-24-36-31(35)27-25-28(32(2,3)4)30(34)29(26-27)33(5,6)7/h27-30,34H,8-26H2,1-7H3. The maximum atomic E-state index is 12.9. The fourth-order valence-electron chi connectivity index (χ4n) is 6.13. The molecule has 0 heterocycles. The molecule has 0 aromatic carbocycles. The summed E-state index contributed by atoms with van der Waals surface area (Å²) in [6, 6.07) is 0. The second-order valence-electron chi connectivity index (χ2n) is 14.1. The first-order chi connectivity index (χ1) is 17.0. The number of unbranched alkanes of at least 4 members (excludes halogenated alkanes) is 15. The Morgan fingerprint density at radius 2 is 0.972 bits per heavy atom. The van der Waals surface area contributed by atoms with Crippen LogP contribution in [0.2, 0.25) is 0 Å². The van der Waals surface area contributed by atoms with Crippen LogP contribution in [-0.2, 0) is 9.53 Å². The highest BCUT2D eigenvalue weighted by Crippen LogP contribution is 2.48. The van der Waals surface area contributed by atoms with Crippen LogP contribution in [0, 0.1) is 28.6 Å². The monoisotopic (exact) mass is 508 g/mol. The zero-order valence-electron chi connectivity index (χ0n) is 25.5. The number of aliphatic hydroxyl groups is 1. The summed E-state index contributed by atoms with van der Waals surface area (Å²) < 4.78 is 5.74. The molecular weight excluding hydrogens is 444 g/mol. The average Bonchev–Trinajstić information content (AvgIpc) is 2.79. The largest absolute Gasteiger partial charge is 0.465 e. The van der Waals surface area contributed by atoms with Crippen LogP contribution >= 0.6 is 0 Å². The lowest BCUT2D eigenvalue weighted by Crippen LogP contribution is -2.49. The van der Waals surface area contributed by atoms with Crippen LogP contribution in [0.1, 0.15) is 164 Å². The Morgan fingerprint density at radius 1 is 0.639 bits per heavy atom. The molecule has 214 valence electrons. The van der Waals surface area contributed by atoms with Crippen LogP contribution in [0.5, 0.6) is 0 Å². The van der Waals surface area contributed by atoms with Crippen molar-refractivity contribution in [3.05, 3.63) is 0 Å². The first-order valence-corrected chi connectivity index (χ1v) is 15.8. The minimum Gasteiger partial charge on any atom is -0.465 e. The van der Waals surface area contributed by atoms with Crippen molar-refractivity contribution in [3.63, 3.8) is 0 Å². The number of rotatable bonds is 18. The number of carbonyl (C=O) groups excluding carboxylic acids is 1. The van der Waals surface area contributed by atoms with Gasteiger partial charge < -0.3 is 9.84 Å². The van der Waals surface area contributed by atoms with Gasteiger partial charge in [0.2, 0.25) is 0 Å². The summed E-state index contributed by atoms with van der Waals surface area (Å²) in [5.41, 5.74) is -0.0362. The Morgan fingerprint density at radius 3 is 1.31 bits per heavy atom. The summed E-state index contributed by atoms with van der Waals surface area (Å²) in [5.74, 6) is 0.140. The Labute approximate surface area is 225 Å². The van der Waals surface area contributed by atoms with Crippen molar-refractivity contribution in [1.29, 1.82) is 0 Å². The molecule has 36 heavy (non-hydrogen) atoms. The van der Waals surface area contributed by atoms with Crippen molar-refractivity contribution >= 4 is 5.97 Å². The Bertz CT molecular complexity index is 532. The summed E-state index contributed by atoms with van der Waals surface area (Å²) >= 11 is 0. The minimum atomic E-state index is -0.352. The third-order valence-electron chi connectivity index (χ3n) is 8.70. The van der Waals surface area contributed by atoms with E-state index in [-0.39, 0.29) is 40.7 Å². The Kier molecular flexibility index (Phi) is 16.6. The number of hydrogen-bond donors (Lipinski definition) is 1. The molecule has 0 aromatic rings.